The monoisotopic (exact) mass is 534 g/mol. The molecular weight excluding hydrogens is 496 g/mol. The first-order chi connectivity index (χ1) is 18.0. The minimum absolute atomic E-state index is 0.0644. The number of anilines is 1. The summed E-state index contributed by atoms with van der Waals surface area (Å²) in [7, 11) is 1.63. The third-order valence-electron chi connectivity index (χ3n) is 6.47. The Morgan fingerprint density at radius 3 is 2.50 bits per heavy atom. The standard InChI is InChI=1S/C30H38N4O3S/c1-19(2)16-31-24(35)17-33-25(36)18-38-27(21-10-8-9-20(3)15-21)26-28(30(4,5)6)32-34(29(26)33)22-11-13-23(37-7)14-12-22/h8-15,19,27H,16-18H2,1-7H3,(H,31,35). The fourth-order valence-corrected chi connectivity index (χ4v) is 5.78. The van der Waals surface area contributed by atoms with Crippen LogP contribution in [0.4, 0.5) is 5.82 Å². The maximum absolute atomic E-state index is 13.7. The van der Waals surface area contributed by atoms with E-state index in [1.54, 1.807) is 23.8 Å². The molecule has 1 N–H and O–H groups in total. The molecule has 1 aliphatic heterocycles. The van der Waals surface area contributed by atoms with Crippen LogP contribution in [-0.2, 0) is 15.0 Å². The molecule has 38 heavy (non-hydrogen) atoms. The first kappa shape index (κ1) is 27.8. The summed E-state index contributed by atoms with van der Waals surface area (Å²) in [6, 6.07) is 16.0. The zero-order chi connectivity index (χ0) is 27.6. The van der Waals surface area contributed by atoms with Gasteiger partial charge >= 0.3 is 0 Å². The van der Waals surface area contributed by atoms with Crippen molar-refractivity contribution in [3.63, 3.8) is 0 Å². The van der Waals surface area contributed by atoms with Crippen molar-refractivity contribution >= 4 is 29.4 Å². The zero-order valence-corrected chi connectivity index (χ0v) is 24.2. The fraction of sp³-hybridized carbons (Fsp3) is 0.433. The number of rotatable bonds is 7. The molecule has 1 aromatic heterocycles. The molecular formula is C30H38N4O3S. The highest BCUT2D eigenvalue weighted by molar-refractivity contribution is 8.00. The third kappa shape index (κ3) is 5.90. The average molecular weight is 535 g/mol. The van der Waals surface area contributed by atoms with Crippen molar-refractivity contribution < 1.29 is 14.3 Å². The van der Waals surface area contributed by atoms with Gasteiger partial charge in [0.05, 0.1) is 29.5 Å². The predicted octanol–water partition coefficient (Wildman–Crippen LogP) is 5.43. The zero-order valence-electron chi connectivity index (χ0n) is 23.4. The lowest BCUT2D eigenvalue weighted by Gasteiger charge is -2.25. The SMILES string of the molecule is COc1ccc(-n2nc(C(C)(C)C)c3c2N(CC(=O)NCC(C)C)C(=O)CSC3c2cccc(C)c2)cc1. The maximum Gasteiger partial charge on any atom is 0.240 e. The summed E-state index contributed by atoms with van der Waals surface area (Å²) in [5.74, 6) is 1.67. The molecule has 1 unspecified atom stereocenters. The number of hydrogen-bond donors (Lipinski definition) is 1. The summed E-state index contributed by atoms with van der Waals surface area (Å²) in [6.07, 6.45) is 0. The predicted molar refractivity (Wildman–Crippen MR) is 154 cm³/mol. The molecule has 8 heteroatoms. The van der Waals surface area contributed by atoms with Crippen molar-refractivity contribution in [2.24, 2.45) is 5.92 Å². The summed E-state index contributed by atoms with van der Waals surface area (Å²) >= 11 is 1.59. The number of fused-ring (bicyclic) bond motifs is 1. The van der Waals surface area contributed by atoms with Gasteiger partial charge in [-0.2, -0.15) is 5.10 Å². The minimum Gasteiger partial charge on any atom is -0.497 e. The normalized spacial score (nSPS) is 15.8. The highest BCUT2D eigenvalue weighted by Crippen LogP contribution is 2.48. The van der Waals surface area contributed by atoms with Crippen molar-refractivity contribution in [2.45, 2.75) is 52.2 Å². The molecule has 2 heterocycles. The summed E-state index contributed by atoms with van der Waals surface area (Å²) in [5, 5.41) is 8.00. The van der Waals surface area contributed by atoms with Crippen LogP contribution in [0.25, 0.3) is 5.69 Å². The Balaban J connectivity index is 1.96. The molecule has 1 aliphatic rings. The third-order valence-corrected chi connectivity index (χ3v) is 7.73. The average Bonchev–Trinajstić information content (AvgIpc) is 3.20. The molecule has 0 saturated carbocycles. The van der Waals surface area contributed by atoms with Crippen LogP contribution >= 0.6 is 11.8 Å². The Labute approximate surface area is 229 Å². The lowest BCUT2D eigenvalue weighted by atomic mass is 9.87. The number of nitrogens with one attached hydrogen (secondary N) is 1. The summed E-state index contributed by atoms with van der Waals surface area (Å²) in [6.45, 7) is 13.1. The van der Waals surface area contributed by atoms with Gasteiger partial charge in [0.1, 0.15) is 18.1 Å². The quantitative estimate of drug-likeness (QED) is 0.438. The molecule has 0 fully saturated rings. The molecule has 0 aliphatic carbocycles. The van der Waals surface area contributed by atoms with Crippen LogP contribution in [0.15, 0.2) is 48.5 Å². The van der Waals surface area contributed by atoms with Crippen LogP contribution in [0.2, 0.25) is 0 Å². The number of hydrogen-bond acceptors (Lipinski definition) is 5. The number of thioether (sulfide) groups is 1. The Hall–Kier alpha value is -3.26. The smallest absolute Gasteiger partial charge is 0.240 e. The van der Waals surface area contributed by atoms with Crippen molar-refractivity contribution in [3.05, 3.63) is 70.9 Å². The lowest BCUT2D eigenvalue weighted by molar-refractivity contribution is -0.123. The molecule has 202 valence electrons. The van der Waals surface area contributed by atoms with Crippen molar-refractivity contribution in [1.29, 1.82) is 0 Å². The van der Waals surface area contributed by atoms with E-state index in [4.69, 9.17) is 9.84 Å². The largest absolute Gasteiger partial charge is 0.497 e. The topological polar surface area (TPSA) is 76.5 Å². The second kappa shape index (κ2) is 11.2. The second-order valence-electron chi connectivity index (χ2n) is 11.2. The molecule has 2 amide bonds. The number of aryl methyl sites for hydroxylation is 1. The lowest BCUT2D eigenvalue weighted by Crippen LogP contribution is -2.43. The molecule has 4 rings (SSSR count). The molecule has 0 spiro atoms. The van der Waals surface area contributed by atoms with Gasteiger partial charge in [-0.3, -0.25) is 14.5 Å². The number of nitrogens with zero attached hydrogens (tertiary/aromatic N) is 3. The Bertz CT molecular complexity index is 1310. The molecule has 0 saturated heterocycles. The van der Waals surface area contributed by atoms with Crippen molar-refractivity contribution in [3.8, 4) is 11.4 Å². The van der Waals surface area contributed by atoms with Gasteiger partial charge in [0.25, 0.3) is 0 Å². The summed E-state index contributed by atoms with van der Waals surface area (Å²) < 4.78 is 7.20. The van der Waals surface area contributed by atoms with E-state index in [-0.39, 0.29) is 34.8 Å². The van der Waals surface area contributed by atoms with Gasteiger partial charge in [-0.25, -0.2) is 4.68 Å². The first-order valence-corrected chi connectivity index (χ1v) is 14.1. The number of ether oxygens (including phenoxy) is 1. The Morgan fingerprint density at radius 2 is 1.89 bits per heavy atom. The van der Waals surface area contributed by atoms with E-state index in [2.05, 4.69) is 57.3 Å². The van der Waals surface area contributed by atoms with Crippen LogP contribution in [0.3, 0.4) is 0 Å². The van der Waals surface area contributed by atoms with Gasteiger partial charge in [0.2, 0.25) is 11.8 Å². The highest BCUT2D eigenvalue weighted by atomic mass is 32.2. The van der Waals surface area contributed by atoms with E-state index in [1.807, 2.05) is 42.8 Å². The van der Waals surface area contributed by atoms with Gasteiger partial charge < -0.3 is 10.1 Å². The Morgan fingerprint density at radius 1 is 1.18 bits per heavy atom. The van der Waals surface area contributed by atoms with E-state index < -0.39 is 0 Å². The van der Waals surface area contributed by atoms with Gasteiger partial charge in [-0.15, -0.1) is 11.8 Å². The van der Waals surface area contributed by atoms with Crippen LogP contribution in [0, 0.1) is 12.8 Å². The van der Waals surface area contributed by atoms with Crippen LogP contribution in [-0.4, -0.2) is 47.5 Å². The van der Waals surface area contributed by atoms with Gasteiger partial charge in [0, 0.05) is 17.5 Å². The van der Waals surface area contributed by atoms with Crippen molar-refractivity contribution in [2.75, 3.05) is 30.9 Å². The fourth-order valence-electron chi connectivity index (χ4n) is 4.59. The number of benzene rings is 2. The number of carbonyl (C=O) groups is 2. The van der Waals surface area contributed by atoms with Gasteiger partial charge in [-0.1, -0.05) is 64.4 Å². The molecule has 2 aromatic carbocycles. The van der Waals surface area contributed by atoms with E-state index in [0.29, 0.717) is 18.3 Å². The van der Waals surface area contributed by atoms with Crippen LogP contribution < -0.4 is 15.0 Å². The van der Waals surface area contributed by atoms with Gasteiger partial charge in [-0.05, 0) is 42.7 Å². The molecule has 0 bridgehead atoms. The van der Waals surface area contributed by atoms with E-state index >= 15 is 0 Å². The molecule has 7 nitrogen and oxygen atoms in total. The molecule has 1 atom stereocenters. The summed E-state index contributed by atoms with van der Waals surface area (Å²) in [5.41, 5.74) is 4.66. The molecule has 0 radical (unpaired) electrons. The Kier molecular flexibility index (Phi) is 8.21. The van der Waals surface area contributed by atoms with E-state index in [0.717, 1.165) is 33.8 Å². The summed E-state index contributed by atoms with van der Waals surface area (Å²) in [4.78, 5) is 28.4. The number of methoxy groups -OCH3 is 1. The second-order valence-corrected chi connectivity index (χ2v) is 12.3. The number of amides is 2. The van der Waals surface area contributed by atoms with Crippen LogP contribution in [0.5, 0.6) is 5.75 Å². The van der Waals surface area contributed by atoms with Crippen LogP contribution in [0.1, 0.15) is 62.3 Å². The highest BCUT2D eigenvalue weighted by Gasteiger charge is 2.40. The van der Waals surface area contributed by atoms with E-state index in [1.165, 1.54) is 0 Å². The number of carbonyl (C=O) groups excluding carboxylic acids is 2. The minimum atomic E-state index is -0.302. The first-order valence-electron chi connectivity index (χ1n) is 13.0. The maximum atomic E-state index is 13.7. The van der Waals surface area contributed by atoms with Gasteiger partial charge in [0.15, 0.2) is 0 Å². The van der Waals surface area contributed by atoms with Crippen molar-refractivity contribution in [1.82, 2.24) is 15.1 Å². The molecule has 3 aromatic rings. The van der Waals surface area contributed by atoms with E-state index in [9.17, 15) is 9.59 Å². The number of aromatic nitrogens is 2.